The molecule has 0 aliphatic heterocycles. The first-order valence-corrected chi connectivity index (χ1v) is 8.05. The summed E-state index contributed by atoms with van der Waals surface area (Å²) in [5, 5.41) is 9.15. The normalized spacial score (nSPS) is 10.3. The van der Waals surface area contributed by atoms with Crippen molar-refractivity contribution in [2.24, 2.45) is 0 Å². The molecule has 0 spiro atoms. The van der Waals surface area contributed by atoms with Crippen LogP contribution in [-0.4, -0.2) is 35.8 Å². The van der Waals surface area contributed by atoms with Crippen LogP contribution in [-0.2, 0) is 0 Å². The van der Waals surface area contributed by atoms with Gasteiger partial charge in [0, 0.05) is 6.07 Å². The average Bonchev–Trinajstić information content (AvgIpc) is 2.44. The van der Waals surface area contributed by atoms with Crippen molar-refractivity contribution in [3.05, 3.63) is 23.8 Å². The van der Waals surface area contributed by atoms with Crippen LogP contribution in [0.4, 0.5) is 0 Å². The number of carbonyl (C=O) groups is 1. The lowest BCUT2D eigenvalue weighted by Gasteiger charge is -2.11. The molecule has 20 heavy (non-hydrogen) atoms. The number of thioether (sulfide) groups is 1. The second-order valence-corrected chi connectivity index (χ2v) is 5.60. The molecule has 0 aromatic heterocycles. The van der Waals surface area contributed by atoms with Gasteiger partial charge in [0.15, 0.2) is 0 Å². The number of ether oxygens (including phenoxy) is 2. The third-order valence-corrected chi connectivity index (χ3v) is 3.54. The fourth-order valence-corrected chi connectivity index (χ4v) is 2.21. The summed E-state index contributed by atoms with van der Waals surface area (Å²) in [5.74, 6) is 2.15. The van der Waals surface area contributed by atoms with E-state index in [0.717, 1.165) is 24.3 Å². The van der Waals surface area contributed by atoms with Gasteiger partial charge in [-0.2, -0.15) is 11.8 Å². The molecule has 0 aliphatic carbocycles. The molecular weight excluding hydrogens is 276 g/mol. The van der Waals surface area contributed by atoms with Crippen molar-refractivity contribution in [2.75, 3.05) is 24.7 Å². The Bertz CT molecular complexity index is 420. The van der Waals surface area contributed by atoms with Crippen molar-refractivity contribution in [2.45, 2.75) is 26.7 Å². The Morgan fingerprint density at radius 2 is 2.05 bits per heavy atom. The van der Waals surface area contributed by atoms with Crippen LogP contribution in [0.15, 0.2) is 18.2 Å². The highest BCUT2D eigenvalue weighted by Gasteiger charge is 2.12. The van der Waals surface area contributed by atoms with E-state index in [9.17, 15) is 4.79 Å². The molecule has 0 bridgehead atoms. The summed E-state index contributed by atoms with van der Waals surface area (Å²) in [6.45, 7) is 5.26. The molecular formula is C15H22O4S. The SMILES string of the molecule is CCCOc1ccc(C(=O)O)c(OCCCSCC)c1. The molecule has 0 atom stereocenters. The summed E-state index contributed by atoms with van der Waals surface area (Å²) >= 11 is 1.85. The molecule has 0 amide bonds. The van der Waals surface area contributed by atoms with Crippen LogP contribution in [0.3, 0.4) is 0 Å². The van der Waals surface area contributed by atoms with Gasteiger partial charge in [0.25, 0.3) is 0 Å². The van der Waals surface area contributed by atoms with E-state index < -0.39 is 5.97 Å². The van der Waals surface area contributed by atoms with E-state index in [1.54, 1.807) is 12.1 Å². The van der Waals surface area contributed by atoms with E-state index in [4.69, 9.17) is 14.6 Å². The van der Waals surface area contributed by atoms with Gasteiger partial charge in [0.1, 0.15) is 17.1 Å². The highest BCUT2D eigenvalue weighted by Crippen LogP contribution is 2.25. The van der Waals surface area contributed by atoms with Crippen LogP contribution >= 0.6 is 11.8 Å². The Balaban J connectivity index is 2.65. The molecule has 0 unspecified atom stereocenters. The molecule has 0 aliphatic rings. The zero-order chi connectivity index (χ0) is 14.8. The van der Waals surface area contributed by atoms with Crippen molar-refractivity contribution in [3.63, 3.8) is 0 Å². The van der Waals surface area contributed by atoms with E-state index in [-0.39, 0.29) is 5.56 Å². The van der Waals surface area contributed by atoms with Gasteiger partial charge in [-0.3, -0.25) is 0 Å². The third kappa shape index (κ3) is 5.74. The molecule has 0 saturated carbocycles. The fourth-order valence-electron chi connectivity index (χ4n) is 1.60. The summed E-state index contributed by atoms with van der Waals surface area (Å²) in [6, 6.07) is 4.86. The first-order valence-electron chi connectivity index (χ1n) is 6.89. The largest absolute Gasteiger partial charge is 0.493 e. The molecule has 1 aromatic rings. The number of hydrogen-bond acceptors (Lipinski definition) is 4. The van der Waals surface area contributed by atoms with Crippen molar-refractivity contribution in [3.8, 4) is 11.5 Å². The average molecular weight is 298 g/mol. The van der Waals surface area contributed by atoms with Crippen molar-refractivity contribution in [1.82, 2.24) is 0 Å². The monoisotopic (exact) mass is 298 g/mol. The van der Waals surface area contributed by atoms with Gasteiger partial charge in [-0.05, 0) is 36.5 Å². The fraction of sp³-hybridized carbons (Fsp3) is 0.533. The smallest absolute Gasteiger partial charge is 0.339 e. The van der Waals surface area contributed by atoms with Gasteiger partial charge in [-0.15, -0.1) is 0 Å². The molecule has 5 heteroatoms. The minimum absolute atomic E-state index is 0.178. The van der Waals surface area contributed by atoms with Crippen LogP contribution in [0.5, 0.6) is 11.5 Å². The van der Waals surface area contributed by atoms with Gasteiger partial charge in [-0.25, -0.2) is 4.79 Å². The Kier molecular flexibility index (Phi) is 7.95. The Morgan fingerprint density at radius 1 is 1.25 bits per heavy atom. The second kappa shape index (κ2) is 9.53. The van der Waals surface area contributed by atoms with E-state index in [1.807, 2.05) is 18.7 Å². The topological polar surface area (TPSA) is 55.8 Å². The molecule has 0 fully saturated rings. The maximum Gasteiger partial charge on any atom is 0.339 e. The second-order valence-electron chi connectivity index (χ2n) is 4.21. The lowest BCUT2D eigenvalue weighted by Crippen LogP contribution is -2.06. The van der Waals surface area contributed by atoms with Gasteiger partial charge in [-0.1, -0.05) is 13.8 Å². The number of rotatable bonds is 10. The highest BCUT2D eigenvalue weighted by atomic mass is 32.2. The van der Waals surface area contributed by atoms with Gasteiger partial charge in [0.05, 0.1) is 13.2 Å². The molecule has 0 radical (unpaired) electrons. The van der Waals surface area contributed by atoms with Gasteiger partial charge >= 0.3 is 5.97 Å². The van der Waals surface area contributed by atoms with E-state index in [0.29, 0.717) is 24.7 Å². The molecule has 4 nitrogen and oxygen atoms in total. The zero-order valence-corrected chi connectivity index (χ0v) is 12.9. The van der Waals surface area contributed by atoms with Crippen LogP contribution in [0, 0.1) is 0 Å². The zero-order valence-electron chi connectivity index (χ0n) is 12.1. The number of benzene rings is 1. The standard InChI is InChI=1S/C15H22O4S/c1-3-8-18-12-6-7-13(15(16)17)14(11-12)19-9-5-10-20-4-2/h6-7,11H,3-5,8-10H2,1-2H3,(H,16,17). The number of carboxylic acids is 1. The van der Waals surface area contributed by atoms with E-state index in [2.05, 4.69) is 6.92 Å². The van der Waals surface area contributed by atoms with Crippen LogP contribution in [0.2, 0.25) is 0 Å². The van der Waals surface area contributed by atoms with Crippen molar-refractivity contribution in [1.29, 1.82) is 0 Å². The van der Waals surface area contributed by atoms with Crippen LogP contribution in [0.1, 0.15) is 37.0 Å². The summed E-state index contributed by atoms with van der Waals surface area (Å²) in [5.41, 5.74) is 0.178. The predicted molar refractivity (Wildman–Crippen MR) is 82.3 cm³/mol. The maximum absolute atomic E-state index is 11.2. The summed E-state index contributed by atoms with van der Waals surface area (Å²) < 4.78 is 11.1. The third-order valence-electron chi connectivity index (χ3n) is 2.55. The molecule has 0 heterocycles. The lowest BCUT2D eigenvalue weighted by molar-refractivity contribution is 0.0692. The summed E-state index contributed by atoms with van der Waals surface area (Å²) in [7, 11) is 0. The van der Waals surface area contributed by atoms with Gasteiger partial charge < -0.3 is 14.6 Å². The molecule has 1 rings (SSSR count). The first kappa shape index (κ1) is 16.7. The van der Waals surface area contributed by atoms with E-state index >= 15 is 0 Å². The molecule has 0 saturated heterocycles. The minimum atomic E-state index is -0.982. The first-order chi connectivity index (χ1) is 9.69. The predicted octanol–water partition coefficient (Wildman–Crippen LogP) is 3.70. The highest BCUT2D eigenvalue weighted by molar-refractivity contribution is 7.99. The molecule has 112 valence electrons. The van der Waals surface area contributed by atoms with Gasteiger partial charge in [0.2, 0.25) is 0 Å². The summed E-state index contributed by atoms with van der Waals surface area (Å²) in [4.78, 5) is 11.2. The van der Waals surface area contributed by atoms with Crippen LogP contribution in [0.25, 0.3) is 0 Å². The van der Waals surface area contributed by atoms with Crippen molar-refractivity contribution >= 4 is 17.7 Å². The maximum atomic E-state index is 11.2. The molecule has 1 N–H and O–H groups in total. The van der Waals surface area contributed by atoms with E-state index in [1.165, 1.54) is 6.07 Å². The number of aromatic carboxylic acids is 1. The Hall–Kier alpha value is -1.36. The van der Waals surface area contributed by atoms with Crippen molar-refractivity contribution < 1.29 is 19.4 Å². The Labute approximate surface area is 124 Å². The quantitative estimate of drug-likeness (QED) is 0.668. The number of hydrogen-bond donors (Lipinski definition) is 1. The molecule has 1 aromatic carbocycles. The number of carboxylic acid groups (broad SMARTS) is 1. The Morgan fingerprint density at radius 3 is 2.70 bits per heavy atom. The summed E-state index contributed by atoms with van der Waals surface area (Å²) in [6.07, 6.45) is 1.81. The lowest BCUT2D eigenvalue weighted by atomic mass is 10.2. The van der Waals surface area contributed by atoms with Crippen LogP contribution < -0.4 is 9.47 Å². The minimum Gasteiger partial charge on any atom is -0.493 e.